The van der Waals surface area contributed by atoms with Gasteiger partial charge in [-0.3, -0.25) is 4.79 Å². The first-order chi connectivity index (χ1) is 4.74. The van der Waals surface area contributed by atoms with Crippen LogP contribution in [-0.2, 0) is 4.79 Å². The van der Waals surface area contributed by atoms with Crippen molar-refractivity contribution in [3.8, 4) is 0 Å². The summed E-state index contributed by atoms with van der Waals surface area (Å²) < 4.78 is 12.4. The molecule has 1 nitrogen and oxygen atoms in total. The first-order valence-electron chi connectivity index (χ1n) is 2.94. The SMILES string of the molecule is O=CC1=C(Cl)C=C(F)CC1. The Morgan fingerprint density at radius 2 is 2.30 bits per heavy atom. The summed E-state index contributed by atoms with van der Waals surface area (Å²) in [7, 11) is 0. The number of carbonyl (C=O) groups excluding carboxylic acids is 1. The summed E-state index contributed by atoms with van der Waals surface area (Å²) in [5, 5.41) is 0.235. The largest absolute Gasteiger partial charge is 0.298 e. The molecule has 1 aliphatic carbocycles. The molecule has 1 rings (SSSR count). The Balaban J connectivity index is 2.90. The molecular formula is C7H6ClFO. The third kappa shape index (κ3) is 1.45. The van der Waals surface area contributed by atoms with Crippen LogP contribution in [0.15, 0.2) is 22.5 Å². The Bertz CT molecular complexity index is 218. The van der Waals surface area contributed by atoms with Gasteiger partial charge < -0.3 is 0 Å². The van der Waals surface area contributed by atoms with Crippen molar-refractivity contribution in [2.45, 2.75) is 12.8 Å². The van der Waals surface area contributed by atoms with E-state index in [2.05, 4.69) is 0 Å². The average molecular weight is 161 g/mol. The molecule has 0 radical (unpaired) electrons. The molecule has 1 aliphatic rings. The minimum absolute atomic E-state index is 0.235. The van der Waals surface area contributed by atoms with Gasteiger partial charge in [-0.05, 0) is 12.5 Å². The molecule has 0 aromatic rings. The fourth-order valence-electron chi connectivity index (χ4n) is 0.791. The van der Waals surface area contributed by atoms with Gasteiger partial charge >= 0.3 is 0 Å². The second kappa shape index (κ2) is 2.97. The second-order valence-electron chi connectivity index (χ2n) is 2.08. The Kier molecular flexibility index (Phi) is 2.22. The molecule has 0 N–H and O–H groups in total. The highest BCUT2D eigenvalue weighted by atomic mass is 35.5. The van der Waals surface area contributed by atoms with E-state index in [4.69, 9.17) is 11.6 Å². The highest BCUT2D eigenvalue weighted by Crippen LogP contribution is 2.25. The van der Waals surface area contributed by atoms with E-state index < -0.39 is 0 Å². The van der Waals surface area contributed by atoms with E-state index in [1.54, 1.807) is 0 Å². The number of rotatable bonds is 1. The van der Waals surface area contributed by atoms with E-state index >= 15 is 0 Å². The van der Waals surface area contributed by atoms with Gasteiger partial charge in [0.25, 0.3) is 0 Å². The Labute approximate surface area is 63.2 Å². The lowest BCUT2D eigenvalue weighted by Crippen LogP contribution is -1.94. The Morgan fingerprint density at radius 1 is 1.60 bits per heavy atom. The van der Waals surface area contributed by atoms with Crippen LogP contribution in [0.3, 0.4) is 0 Å². The van der Waals surface area contributed by atoms with Gasteiger partial charge in [0.1, 0.15) is 12.1 Å². The zero-order valence-electron chi connectivity index (χ0n) is 5.23. The van der Waals surface area contributed by atoms with Crippen molar-refractivity contribution in [1.29, 1.82) is 0 Å². The van der Waals surface area contributed by atoms with E-state index in [0.29, 0.717) is 24.7 Å². The second-order valence-corrected chi connectivity index (χ2v) is 2.49. The van der Waals surface area contributed by atoms with Crippen molar-refractivity contribution in [1.82, 2.24) is 0 Å². The minimum Gasteiger partial charge on any atom is -0.298 e. The minimum atomic E-state index is -0.254. The van der Waals surface area contributed by atoms with Crippen molar-refractivity contribution in [3.05, 3.63) is 22.5 Å². The molecule has 0 amide bonds. The fraction of sp³-hybridized carbons (Fsp3) is 0.286. The molecule has 0 bridgehead atoms. The van der Waals surface area contributed by atoms with E-state index in [1.165, 1.54) is 6.08 Å². The molecule has 54 valence electrons. The van der Waals surface area contributed by atoms with Crippen LogP contribution in [-0.4, -0.2) is 6.29 Å². The molecular weight excluding hydrogens is 155 g/mol. The summed E-state index contributed by atoms with van der Waals surface area (Å²) in [5.74, 6) is -0.254. The van der Waals surface area contributed by atoms with Crippen molar-refractivity contribution in [2.24, 2.45) is 0 Å². The maximum Gasteiger partial charge on any atom is 0.147 e. The van der Waals surface area contributed by atoms with Crippen LogP contribution in [0, 0.1) is 0 Å². The lowest BCUT2D eigenvalue weighted by Gasteiger charge is -2.06. The highest BCUT2D eigenvalue weighted by Gasteiger charge is 2.10. The van der Waals surface area contributed by atoms with E-state index in [-0.39, 0.29) is 10.9 Å². The Morgan fingerprint density at radius 3 is 2.80 bits per heavy atom. The van der Waals surface area contributed by atoms with Gasteiger partial charge in [-0.25, -0.2) is 4.39 Å². The van der Waals surface area contributed by atoms with Gasteiger partial charge in [0.15, 0.2) is 0 Å². The zero-order valence-corrected chi connectivity index (χ0v) is 5.99. The van der Waals surface area contributed by atoms with Crippen LogP contribution < -0.4 is 0 Å². The summed E-state index contributed by atoms with van der Waals surface area (Å²) >= 11 is 5.51. The van der Waals surface area contributed by atoms with E-state index in [0.717, 1.165) is 0 Å². The summed E-state index contributed by atoms with van der Waals surface area (Å²) in [6, 6.07) is 0. The van der Waals surface area contributed by atoms with Crippen molar-refractivity contribution in [2.75, 3.05) is 0 Å². The highest BCUT2D eigenvalue weighted by molar-refractivity contribution is 6.32. The quantitative estimate of drug-likeness (QED) is 0.538. The van der Waals surface area contributed by atoms with Gasteiger partial charge in [0, 0.05) is 17.0 Å². The lowest BCUT2D eigenvalue weighted by atomic mass is 10.1. The first-order valence-corrected chi connectivity index (χ1v) is 3.31. The fourth-order valence-corrected chi connectivity index (χ4v) is 1.05. The summed E-state index contributed by atoms with van der Waals surface area (Å²) in [4.78, 5) is 10.2. The van der Waals surface area contributed by atoms with Gasteiger partial charge in [0.05, 0.1) is 0 Å². The molecule has 3 heteroatoms. The predicted molar refractivity (Wildman–Crippen MR) is 37.4 cm³/mol. The molecule has 0 heterocycles. The molecule has 0 saturated carbocycles. The number of halogens is 2. The van der Waals surface area contributed by atoms with Gasteiger partial charge in [-0.15, -0.1) is 0 Å². The molecule has 0 fully saturated rings. The van der Waals surface area contributed by atoms with Crippen molar-refractivity contribution >= 4 is 17.9 Å². The standard InChI is InChI=1S/C7H6ClFO/c8-7-3-6(9)2-1-5(7)4-10/h3-4H,1-2H2. The van der Waals surface area contributed by atoms with Gasteiger partial charge in [-0.2, -0.15) is 0 Å². The van der Waals surface area contributed by atoms with E-state index in [1.807, 2.05) is 0 Å². The topological polar surface area (TPSA) is 17.1 Å². The maximum absolute atomic E-state index is 12.4. The van der Waals surface area contributed by atoms with Crippen LogP contribution in [0.5, 0.6) is 0 Å². The normalized spacial score (nSPS) is 18.8. The number of hydrogen-bond acceptors (Lipinski definition) is 1. The van der Waals surface area contributed by atoms with Crippen LogP contribution >= 0.6 is 11.6 Å². The number of carbonyl (C=O) groups is 1. The van der Waals surface area contributed by atoms with Crippen LogP contribution in [0.1, 0.15) is 12.8 Å². The average Bonchev–Trinajstić information content (AvgIpc) is 1.88. The number of aldehydes is 1. The van der Waals surface area contributed by atoms with Crippen molar-refractivity contribution in [3.63, 3.8) is 0 Å². The van der Waals surface area contributed by atoms with Gasteiger partial charge in [-0.1, -0.05) is 11.6 Å². The summed E-state index contributed by atoms with van der Waals surface area (Å²) in [5.41, 5.74) is 0.489. The summed E-state index contributed by atoms with van der Waals surface area (Å²) in [6.07, 6.45) is 2.58. The lowest BCUT2D eigenvalue weighted by molar-refractivity contribution is -0.105. The third-order valence-corrected chi connectivity index (χ3v) is 1.72. The molecule has 0 unspecified atom stereocenters. The van der Waals surface area contributed by atoms with Crippen LogP contribution in [0.2, 0.25) is 0 Å². The monoisotopic (exact) mass is 160 g/mol. The molecule has 0 saturated heterocycles. The summed E-state index contributed by atoms with van der Waals surface area (Å²) in [6.45, 7) is 0. The predicted octanol–water partition coefficient (Wildman–Crippen LogP) is 2.33. The molecule has 0 atom stereocenters. The van der Waals surface area contributed by atoms with Crippen LogP contribution in [0.4, 0.5) is 4.39 Å². The van der Waals surface area contributed by atoms with E-state index in [9.17, 15) is 9.18 Å². The maximum atomic E-state index is 12.4. The number of allylic oxidation sites excluding steroid dienone is 4. The molecule has 0 aromatic heterocycles. The molecule has 0 aromatic carbocycles. The molecule has 10 heavy (non-hydrogen) atoms. The van der Waals surface area contributed by atoms with Crippen molar-refractivity contribution < 1.29 is 9.18 Å². The molecule has 0 aliphatic heterocycles. The van der Waals surface area contributed by atoms with Gasteiger partial charge in [0.2, 0.25) is 0 Å². The zero-order chi connectivity index (χ0) is 7.56. The smallest absolute Gasteiger partial charge is 0.147 e. The first kappa shape index (κ1) is 7.48. The van der Waals surface area contributed by atoms with Crippen LogP contribution in [0.25, 0.3) is 0 Å². The Hall–Kier alpha value is -0.630. The third-order valence-electron chi connectivity index (χ3n) is 1.37. The molecule has 0 spiro atoms. The number of hydrogen-bond donors (Lipinski definition) is 0.